The normalized spacial score (nSPS) is 10.3. The summed E-state index contributed by atoms with van der Waals surface area (Å²) in [6.07, 6.45) is 0.480. The number of nitrogens with zero attached hydrogens (tertiary/aromatic N) is 1. The summed E-state index contributed by atoms with van der Waals surface area (Å²) >= 11 is 6.91. The first-order valence-corrected chi connectivity index (χ1v) is 5.11. The number of hydrogen-bond donors (Lipinski definition) is 2. The van der Waals surface area contributed by atoms with Crippen molar-refractivity contribution in [2.24, 2.45) is 0 Å². The van der Waals surface area contributed by atoms with Gasteiger partial charge >= 0.3 is 0 Å². The maximum Gasteiger partial charge on any atom is 0.225 e. The van der Waals surface area contributed by atoms with E-state index >= 15 is 0 Å². The summed E-state index contributed by atoms with van der Waals surface area (Å²) in [4.78, 5) is 14.1. The van der Waals surface area contributed by atoms with Gasteiger partial charge in [0.1, 0.15) is 5.82 Å². The lowest BCUT2D eigenvalue weighted by molar-refractivity contribution is -0.109. The molecule has 0 bridgehead atoms. The quantitative estimate of drug-likeness (QED) is 0.644. The Labute approximate surface area is 93.0 Å². The summed E-state index contributed by atoms with van der Waals surface area (Å²) in [6, 6.07) is 2.78. The predicted octanol–water partition coefficient (Wildman–Crippen LogP) is 2.16. The first kappa shape index (κ1) is 10.1. The number of carbonyl (C=O) groups is 1. The number of halogens is 2. The average Bonchev–Trinajstić information content (AvgIpc) is 2.64. The zero-order chi connectivity index (χ0) is 10.8. The number of fused-ring (bicyclic) bond motifs is 1. The van der Waals surface area contributed by atoms with Crippen LogP contribution in [0.4, 0.5) is 9.52 Å². The fourth-order valence-corrected chi connectivity index (χ4v) is 2.21. The van der Waals surface area contributed by atoms with Crippen molar-refractivity contribution in [3.8, 4) is 0 Å². The minimum atomic E-state index is -0.484. The highest BCUT2D eigenvalue weighted by atomic mass is 35.5. The maximum atomic E-state index is 13.1. The van der Waals surface area contributed by atoms with Crippen LogP contribution in [0.3, 0.4) is 0 Å². The van der Waals surface area contributed by atoms with Crippen LogP contribution in [0.5, 0.6) is 0 Å². The summed E-state index contributed by atoms with van der Waals surface area (Å²) in [7, 11) is 0. The van der Waals surface area contributed by atoms with Crippen LogP contribution in [0.25, 0.3) is 10.2 Å². The molecule has 2 N–H and O–H groups in total. The maximum absolute atomic E-state index is 13.1. The van der Waals surface area contributed by atoms with E-state index in [0.29, 0.717) is 21.8 Å². The van der Waals surface area contributed by atoms with E-state index < -0.39 is 5.82 Å². The second-order valence-electron chi connectivity index (χ2n) is 2.62. The van der Waals surface area contributed by atoms with Crippen LogP contribution < -0.4 is 10.9 Å². The average molecular weight is 246 g/mol. The molecule has 1 amide bonds. The van der Waals surface area contributed by atoms with Gasteiger partial charge in [-0.15, -0.1) is 0 Å². The number of rotatable bonds is 3. The molecule has 4 nitrogen and oxygen atoms in total. The molecule has 0 fully saturated rings. The molecule has 7 heteroatoms. The number of thiazole rings is 1. The third-order valence-corrected chi connectivity index (χ3v) is 3.17. The van der Waals surface area contributed by atoms with E-state index in [2.05, 4.69) is 15.8 Å². The standard InChI is InChI=1S/C8H5ClFN3OS/c9-6-4(10)1-2-5-7(6)15-8(12-5)13-11-3-14/h1-3H,(H,11,14)(H,12,13). The molecule has 0 saturated carbocycles. The molecule has 1 aromatic heterocycles. The van der Waals surface area contributed by atoms with Crippen LogP contribution in [0.2, 0.25) is 5.02 Å². The van der Waals surface area contributed by atoms with Gasteiger partial charge in [-0.1, -0.05) is 22.9 Å². The molecule has 0 atom stereocenters. The third-order valence-electron chi connectivity index (χ3n) is 1.69. The van der Waals surface area contributed by atoms with Gasteiger partial charge in [0.05, 0.1) is 15.2 Å². The summed E-state index contributed by atoms with van der Waals surface area (Å²) < 4.78 is 13.6. The molecular weight excluding hydrogens is 241 g/mol. The number of aromatic nitrogens is 1. The Bertz CT molecular complexity index is 516. The predicted molar refractivity (Wildman–Crippen MR) is 57.4 cm³/mol. The Hall–Kier alpha value is -1.40. The molecule has 0 aliphatic carbocycles. The van der Waals surface area contributed by atoms with Gasteiger partial charge in [0.15, 0.2) is 0 Å². The Kier molecular flexibility index (Phi) is 2.70. The molecule has 0 unspecified atom stereocenters. The topological polar surface area (TPSA) is 54.0 Å². The van der Waals surface area contributed by atoms with Crippen molar-refractivity contribution >= 4 is 44.7 Å². The van der Waals surface area contributed by atoms with Crippen LogP contribution in [-0.2, 0) is 4.79 Å². The first-order valence-electron chi connectivity index (χ1n) is 3.92. The smallest absolute Gasteiger partial charge is 0.225 e. The van der Waals surface area contributed by atoms with E-state index in [1.807, 2.05) is 0 Å². The van der Waals surface area contributed by atoms with Gasteiger partial charge in [0, 0.05) is 0 Å². The molecule has 2 rings (SSSR count). The van der Waals surface area contributed by atoms with Crippen LogP contribution in [0, 0.1) is 5.82 Å². The second-order valence-corrected chi connectivity index (χ2v) is 3.99. The number of benzene rings is 1. The van der Waals surface area contributed by atoms with Crippen molar-refractivity contribution in [1.29, 1.82) is 0 Å². The van der Waals surface area contributed by atoms with Crippen molar-refractivity contribution in [1.82, 2.24) is 10.4 Å². The van der Waals surface area contributed by atoms with Crippen molar-refractivity contribution in [3.63, 3.8) is 0 Å². The summed E-state index contributed by atoms with van der Waals surface area (Å²) in [5.41, 5.74) is 5.36. The Morgan fingerprint density at radius 3 is 3.07 bits per heavy atom. The van der Waals surface area contributed by atoms with E-state index in [9.17, 15) is 9.18 Å². The molecule has 0 radical (unpaired) electrons. The van der Waals surface area contributed by atoms with Crippen LogP contribution in [-0.4, -0.2) is 11.4 Å². The lowest BCUT2D eigenvalue weighted by Gasteiger charge is -1.94. The second kappa shape index (κ2) is 4.00. The van der Waals surface area contributed by atoms with Gasteiger partial charge in [-0.25, -0.2) is 9.37 Å². The largest absolute Gasteiger partial charge is 0.277 e. The van der Waals surface area contributed by atoms with Gasteiger partial charge < -0.3 is 0 Å². The van der Waals surface area contributed by atoms with E-state index in [0.717, 1.165) is 11.3 Å². The Balaban J connectivity index is 2.46. The van der Waals surface area contributed by atoms with Crippen molar-refractivity contribution < 1.29 is 9.18 Å². The highest BCUT2D eigenvalue weighted by Crippen LogP contribution is 2.33. The van der Waals surface area contributed by atoms with Gasteiger partial charge in [-0.3, -0.25) is 15.6 Å². The van der Waals surface area contributed by atoms with Crippen molar-refractivity contribution in [3.05, 3.63) is 23.0 Å². The SMILES string of the molecule is O=CNNc1nc2ccc(F)c(Cl)c2s1. The van der Waals surface area contributed by atoms with Gasteiger partial charge in [0.2, 0.25) is 11.5 Å². The van der Waals surface area contributed by atoms with E-state index in [1.165, 1.54) is 12.1 Å². The molecule has 1 aromatic carbocycles. The third kappa shape index (κ3) is 1.86. The lowest BCUT2D eigenvalue weighted by Crippen LogP contribution is -2.18. The zero-order valence-corrected chi connectivity index (χ0v) is 8.82. The Morgan fingerprint density at radius 2 is 2.33 bits per heavy atom. The molecule has 15 heavy (non-hydrogen) atoms. The summed E-state index contributed by atoms with van der Waals surface area (Å²) in [5, 5.41) is 0.494. The number of anilines is 1. The fourth-order valence-electron chi connectivity index (χ4n) is 1.08. The summed E-state index contributed by atoms with van der Waals surface area (Å²) in [6.45, 7) is 0. The van der Waals surface area contributed by atoms with Crippen molar-refractivity contribution in [2.75, 3.05) is 5.43 Å². The summed E-state index contributed by atoms with van der Waals surface area (Å²) in [5.74, 6) is -0.484. The minimum Gasteiger partial charge on any atom is -0.277 e. The molecule has 1 heterocycles. The van der Waals surface area contributed by atoms with Crippen LogP contribution in [0.1, 0.15) is 0 Å². The highest BCUT2D eigenvalue weighted by Gasteiger charge is 2.10. The molecular formula is C8H5ClFN3OS. The van der Waals surface area contributed by atoms with Gasteiger partial charge in [-0.2, -0.15) is 0 Å². The van der Waals surface area contributed by atoms with E-state index in [-0.39, 0.29) is 5.02 Å². The molecule has 0 spiro atoms. The molecule has 0 aliphatic heterocycles. The Morgan fingerprint density at radius 1 is 1.53 bits per heavy atom. The van der Waals surface area contributed by atoms with E-state index in [1.54, 1.807) is 0 Å². The monoisotopic (exact) mass is 245 g/mol. The zero-order valence-electron chi connectivity index (χ0n) is 7.25. The number of nitrogens with one attached hydrogen (secondary N) is 2. The number of amides is 1. The molecule has 78 valence electrons. The van der Waals surface area contributed by atoms with Crippen LogP contribution in [0.15, 0.2) is 12.1 Å². The highest BCUT2D eigenvalue weighted by molar-refractivity contribution is 7.22. The number of hydrogen-bond acceptors (Lipinski definition) is 4. The van der Waals surface area contributed by atoms with Gasteiger partial charge in [0.25, 0.3) is 0 Å². The number of hydrazine groups is 1. The fraction of sp³-hybridized carbons (Fsp3) is 0. The molecule has 0 saturated heterocycles. The van der Waals surface area contributed by atoms with Crippen molar-refractivity contribution in [2.45, 2.75) is 0 Å². The molecule has 2 aromatic rings. The van der Waals surface area contributed by atoms with E-state index in [4.69, 9.17) is 11.6 Å². The molecule has 0 aliphatic rings. The number of carbonyl (C=O) groups excluding carboxylic acids is 1. The minimum absolute atomic E-state index is 0.0455. The lowest BCUT2D eigenvalue weighted by atomic mass is 10.3. The van der Waals surface area contributed by atoms with Gasteiger partial charge in [-0.05, 0) is 12.1 Å². The van der Waals surface area contributed by atoms with Crippen LogP contribution >= 0.6 is 22.9 Å². The first-order chi connectivity index (χ1) is 7.22.